The summed E-state index contributed by atoms with van der Waals surface area (Å²) in [6, 6.07) is 3.71. The summed E-state index contributed by atoms with van der Waals surface area (Å²) in [7, 11) is 1.63. The first-order valence-corrected chi connectivity index (χ1v) is 6.25. The molecule has 96 valence electrons. The number of methoxy groups -OCH3 is 1. The lowest BCUT2D eigenvalue weighted by Crippen LogP contribution is -2.21. The normalized spacial score (nSPS) is 14.5. The van der Waals surface area contributed by atoms with Crippen LogP contribution in [0.25, 0.3) is 0 Å². The van der Waals surface area contributed by atoms with Crippen LogP contribution < -0.4 is 16.2 Å². The summed E-state index contributed by atoms with van der Waals surface area (Å²) in [5, 5.41) is 0.601. The molecule has 0 saturated carbocycles. The van der Waals surface area contributed by atoms with Crippen LogP contribution in [0.3, 0.4) is 0 Å². The van der Waals surface area contributed by atoms with Crippen LogP contribution in [-0.4, -0.2) is 13.7 Å². The van der Waals surface area contributed by atoms with Gasteiger partial charge in [-0.1, -0.05) is 31.5 Å². The van der Waals surface area contributed by atoms with Gasteiger partial charge in [0.15, 0.2) is 0 Å². The summed E-state index contributed by atoms with van der Waals surface area (Å²) in [5.74, 6) is 1.13. The van der Waals surface area contributed by atoms with E-state index in [0.717, 1.165) is 23.3 Å². The maximum Gasteiger partial charge on any atom is 0.140 e. The molecule has 1 aromatic rings. The highest BCUT2D eigenvalue weighted by Crippen LogP contribution is 2.37. The lowest BCUT2D eigenvalue weighted by atomic mass is 9.94. The van der Waals surface area contributed by atoms with Gasteiger partial charge in [-0.15, -0.1) is 0 Å². The van der Waals surface area contributed by atoms with Crippen LogP contribution in [0, 0.1) is 0 Å². The minimum absolute atomic E-state index is 0.179. The van der Waals surface area contributed by atoms with Crippen molar-refractivity contribution < 1.29 is 4.74 Å². The molecule has 1 rings (SSSR count). The summed E-state index contributed by atoms with van der Waals surface area (Å²) in [4.78, 5) is 0. The van der Waals surface area contributed by atoms with Crippen LogP contribution in [0.4, 0.5) is 0 Å². The van der Waals surface area contributed by atoms with Crippen molar-refractivity contribution in [2.45, 2.75) is 32.2 Å². The average molecular weight is 257 g/mol. The van der Waals surface area contributed by atoms with E-state index in [2.05, 4.69) is 19.9 Å². The summed E-state index contributed by atoms with van der Waals surface area (Å²) in [5.41, 5.74) is 13.6. The molecule has 0 aliphatic rings. The number of rotatable bonds is 5. The molecule has 0 amide bonds. The van der Waals surface area contributed by atoms with Crippen molar-refractivity contribution in [1.29, 1.82) is 0 Å². The maximum absolute atomic E-state index is 6.22. The van der Waals surface area contributed by atoms with Gasteiger partial charge in [0.2, 0.25) is 0 Å². The van der Waals surface area contributed by atoms with Crippen molar-refractivity contribution in [2.24, 2.45) is 11.5 Å². The fraction of sp³-hybridized carbons (Fsp3) is 0.538. The van der Waals surface area contributed by atoms with Gasteiger partial charge in [-0.3, -0.25) is 0 Å². The minimum Gasteiger partial charge on any atom is -0.495 e. The Morgan fingerprint density at radius 2 is 2.06 bits per heavy atom. The van der Waals surface area contributed by atoms with E-state index >= 15 is 0 Å². The van der Waals surface area contributed by atoms with Crippen LogP contribution in [0.1, 0.15) is 43.4 Å². The van der Waals surface area contributed by atoms with Gasteiger partial charge in [-0.25, -0.2) is 0 Å². The smallest absolute Gasteiger partial charge is 0.140 e. The van der Waals surface area contributed by atoms with E-state index in [-0.39, 0.29) is 6.04 Å². The van der Waals surface area contributed by atoms with Crippen LogP contribution in [0.5, 0.6) is 5.75 Å². The monoisotopic (exact) mass is 256 g/mol. The third-order valence-electron chi connectivity index (χ3n) is 3.12. The average Bonchev–Trinajstić information content (AvgIpc) is 2.35. The first-order chi connectivity index (χ1) is 8.04. The van der Waals surface area contributed by atoms with E-state index in [1.54, 1.807) is 7.11 Å². The predicted molar refractivity (Wildman–Crippen MR) is 72.7 cm³/mol. The summed E-state index contributed by atoms with van der Waals surface area (Å²) < 4.78 is 5.36. The first kappa shape index (κ1) is 14.3. The summed E-state index contributed by atoms with van der Waals surface area (Å²) in [6.45, 7) is 4.68. The molecule has 1 aromatic carbocycles. The van der Waals surface area contributed by atoms with Crippen molar-refractivity contribution in [3.05, 3.63) is 28.3 Å². The van der Waals surface area contributed by atoms with Crippen LogP contribution in [0.2, 0.25) is 5.02 Å². The molecule has 0 aliphatic carbocycles. The Labute approximate surface area is 108 Å². The molecule has 0 aromatic heterocycles. The van der Waals surface area contributed by atoms with E-state index in [1.807, 2.05) is 6.07 Å². The molecule has 17 heavy (non-hydrogen) atoms. The molecule has 0 spiro atoms. The molecule has 0 aliphatic heterocycles. The lowest BCUT2D eigenvalue weighted by Gasteiger charge is -2.19. The molecular formula is C13H21ClN2O. The van der Waals surface area contributed by atoms with Gasteiger partial charge >= 0.3 is 0 Å². The van der Waals surface area contributed by atoms with E-state index in [9.17, 15) is 0 Å². The number of benzene rings is 1. The molecule has 3 nitrogen and oxygen atoms in total. The summed E-state index contributed by atoms with van der Waals surface area (Å²) in [6.07, 6.45) is 1.02. The van der Waals surface area contributed by atoms with Crippen LogP contribution in [-0.2, 0) is 0 Å². The molecule has 4 N–H and O–H groups in total. The van der Waals surface area contributed by atoms with E-state index in [1.165, 1.54) is 0 Å². The zero-order valence-electron chi connectivity index (χ0n) is 10.7. The molecule has 0 heterocycles. The summed E-state index contributed by atoms with van der Waals surface area (Å²) >= 11 is 6.22. The maximum atomic E-state index is 6.22. The molecule has 0 fully saturated rings. The Morgan fingerprint density at radius 3 is 2.53 bits per heavy atom. The first-order valence-electron chi connectivity index (χ1n) is 5.88. The van der Waals surface area contributed by atoms with Gasteiger partial charge in [-0.05, 0) is 29.5 Å². The third kappa shape index (κ3) is 3.12. The highest BCUT2D eigenvalue weighted by atomic mass is 35.5. The Balaban J connectivity index is 3.28. The topological polar surface area (TPSA) is 61.3 Å². The standard InChI is InChI=1S/C13H21ClN2O/c1-4-8(2)10-5-9(12(16)7-15)6-11(14)13(10)17-3/h5-6,8,12H,4,7,15-16H2,1-3H3. The highest BCUT2D eigenvalue weighted by Gasteiger charge is 2.16. The Kier molecular flexibility index (Phi) is 5.25. The molecule has 0 radical (unpaired) electrons. The van der Waals surface area contributed by atoms with Crippen molar-refractivity contribution >= 4 is 11.6 Å². The molecule has 4 heteroatoms. The van der Waals surface area contributed by atoms with E-state index in [0.29, 0.717) is 17.5 Å². The van der Waals surface area contributed by atoms with E-state index < -0.39 is 0 Å². The Morgan fingerprint density at radius 1 is 1.41 bits per heavy atom. The van der Waals surface area contributed by atoms with Gasteiger partial charge in [-0.2, -0.15) is 0 Å². The van der Waals surface area contributed by atoms with E-state index in [4.69, 9.17) is 27.8 Å². The Hall–Kier alpha value is -0.770. The zero-order valence-corrected chi connectivity index (χ0v) is 11.4. The number of hydrogen-bond donors (Lipinski definition) is 2. The number of ether oxygens (including phenoxy) is 1. The van der Waals surface area contributed by atoms with Crippen molar-refractivity contribution in [3.63, 3.8) is 0 Å². The number of halogens is 1. The minimum atomic E-state index is -0.179. The van der Waals surface area contributed by atoms with Crippen molar-refractivity contribution in [3.8, 4) is 5.75 Å². The molecule has 2 unspecified atom stereocenters. The fourth-order valence-electron chi connectivity index (χ4n) is 1.79. The van der Waals surface area contributed by atoms with Crippen LogP contribution >= 0.6 is 11.6 Å². The van der Waals surface area contributed by atoms with Crippen molar-refractivity contribution in [2.75, 3.05) is 13.7 Å². The quantitative estimate of drug-likeness (QED) is 0.852. The number of nitrogens with two attached hydrogens (primary N) is 2. The molecule has 0 saturated heterocycles. The molecular weight excluding hydrogens is 236 g/mol. The number of hydrogen-bond acceptors (Lipinski definition) is 3. The third-order valence-corrected chi connectivity index (χ3v) is 3.40. The van der Waals surface area contributed by atoms with Gasteiger partial charge in [0.05, 0.1) is 12.1 Å². The Bertz CT molecular complexity index is 382. The zero-order chi connectivity index (χ0) is 13.0. The second-order valence-electron chi connectivity index (χ2n) is 4.28. The van der Waals surface area contributed by atoms with Gasteiger partial charge in [0.25, 0.3) is 0 Å². The highest BCUT2D eigenvalue weighted by molar-refractivity contribution is 6.32. The molecule has 2 atom stereocenters. The largest absolute Gasteiger partial charge is 0.495 e. The lowest BCUT2D eigenvalue weighted by molar-refractivity contribution is 0.406. The SMILES string of the molecule is CCC(C)c1cc(C(N)CN)cc(Cl)c1OC. The second kappa shape index (κ2) is 6.24. The van der Waals surface area contributed by atoms with Gasteiger partial charge < -0.3 is 16.2 Å². The molecule has 0 bridgehead atoms. The predicted octanol–water partition coefficient (Wildman–Crippen LogP) is 2.82. The second-order valence-corrected chi connectivity index (χ2v) is 4.68. The van der Waals surface area contributed by atoms with Gasteiger partial charge in [0.1, 0.15) is 5.75 Å². The fourth-order valence-corrected chi connectivity index (χ4v) is 2.10. The van der Waals surface area contributed by atoms with Crippen molar-refractivity contribution in [1.82, 2.24) is 0 Å². The van der Waals surface area contributed by atoms with Crippen LogP contribution in [0.15, 0.2) is 12.1 Å². The van der Waals surface area contributed by atoms with Gasteiger partial charge in [0, 0.05) is 12.6 Å².